The lowest BCUT2D eigenvalue weighted by atomic mass is 10.0. The lowest BCUT2D eigenvalue weighted by Crippen LogP contribution is -2.29. The zero-order valence-electron chi connectivity index (χ0n) is 12.3. The van der Waals surface area contributed by atoms with Crippen molar-refractivity contribution in [3.8, 4) is 0 Å². The van der Waals surface area contributed by atoms with Crippen LogP contribution in [0.15, 0.2) is 30.3 Å². The highest BCUT2D eigenvalue weighted by Crippen LogP contribution is 2.54. The molecule has 4 rings (SSSR count). The highest BCUT2D eigenvalue weighted by molar-refractivity contribution is 5.95. The van der Waals surface area contributed by atoms with E-state index in [2.05, 4.69) is 10.3 Å². The highest BCUT2D eigenvalue weighted by atomic mass is 16.1. The molecule has 2 fully saturated rings. The Balaban J connectivity index is 1.48. The number of amides is 1. The minimum absolute atomic E-state index is 0.0376. The van der Waals surface area contributed by atoms with Crippen molar-refractivity contribution in [2.75, 3.05) is 6.54 Å². The van der Waals surface area contributed by atoms with Crippen molar-refractivity contribution in [2.24, 2.45) is 17.8 Å². The van der Waals surface area contributed by atoms with Gasteiger partial charge in [0, 0.05) is 11.9 Å². The maximum Gasteiger partial charge on any atom is 0.269 e. The SMILES string of the molecule is Cc1cc(C(=O)NCC2CC3CC3C2)nc2ccccc12. The fraction of sp³-hybridized carbons (Fsp3) is 0.444. The number of aryl methyl sites for hydroxylation is 1. The average molecular weight is 280 g/mol. The van der Waals surface area contributed by atoms with Crippen molar-refractivity contribution in [3.05, 3.63) is 41.6 Å². The van der Waals surface area contributed by atoms with Crippen LogP contribution in [0.25, 0.3) is 10.9 Å². The van der Waals surface area contributed by atoms with E-state index in [1.807, 2.05) is 37.3 Å². The second-order valence-corrected chi connectivity index (χ2v) is 6.64. The Hall–Kier alpha value is -1.90. The zero-order valence-corrected chi connectivity index (χ0v) is 12.3. The fourth-order valence-corrected chi connectivity index (χ4v) is 3.80. The van der Waals surface area contributed by atoms with E-state index in [4.69, 9.17) is 0 Å². The first-order valence-electron chi connectivity index (χ1n) is 7.85. The summed E-state index contributed by atoms with van der Waals surface area (Å²) in [6.45, 7) is 2.84. The number of fused-ring (bicyclic) bond motifs is 2. The quantitative estimate of drug-likeness (QED) is 0.937. The molecule has 21 heavy (non-hydrogen) atoms. The molecule has 0 bridgehead atoms. The number of nitrogens with one attached hydrogen (secondary N) is 1. The fourth-order valence-electron chi connectivity index (χ4n) is 3.80. The third-order valence-corrected chi connectivity index (χ3v) is 5.05. The molecule has 0 saturated heterocycles. The van der Waals surface area contributed by atoms with Gasteiger partial charge in [-0.1, -0.05) is 18.2 Å². The van der Waals surface area contributed by atoms with Crippen molar-refractivity contribution in [1.29, 1.82) is 0 Å². The molecule has 2 atom stereocenters. The van der Waals surface area contributed by atoms with E-state index in [1.165, 1.54) is 19.3 Å². The van der Waals surface area contributed by atoms with E-state index in [9.17, 15) is 4.79 Å². The normalized spacial score (nSPS) is 26.6. The predicted molar refractivity (Wildman–Crippen MR) is 83.1 cm³/mol. The number of para-hydroxylation sites is 1. The first-order chi connectivity index (χ1) is 10.2. The van der Waals surface area contributed by atoms with Crippen LogP contribution in [0.4, 0.5) is 0 Å². The molecule has 1 aromatic carbocycles. The Morgan fingerprint density at radius 3 is 2.81 bits per heavy atom. The Kier molecular flexibility index (Phi) is 2.95. The zero-order chi connectivity index (χ0) is 14.4. The van der Waals surface area contributed by atoms with Gasteiger partial charge in [0.15, 0.2) is 0 Å². The summed E-state index contributed by atoms with van der Waals surface area (Å²) in [5.41, 5.74) is 2.53. The number of rotatable bonds is 3. The van der Waals surface area contributed by atoms with Crippen LogP contribution >= 0.6 is 0 Å². The van der Waals surface area contributed by atoms with Gasteiger partial charge in [-0.15, -0.1) is 0 Å². The molecule has 1 N–H and O–H groups in total. The molecule has 1 aromatic heterocycles. The van der Waals surface area contributed by atoms with Gasteiger partial charge in [0.1, 0.15) is 5.69 Å². The van der Waals surface area contributed by atoms with Crippen molar-refractivity contribution < 1.29 is 4.79 Å². The summed E-state index contributed by atoms with van der Waals surface area (Å²) in [5.74, 6) is 2.57. The first-order valence-corrected chi connectivity index (χ1v) is 7.85. The van der Waals surface area contributed by atoms with Gasteiger partial charge in [0.25, 0.3) is 5.91 Å². The number of nitrogens with zero attached hydrogens (tertiary/aromatic N) is 1. The Morgan fingerprint density at radius 2 is 2.00 bits per heavy atom. The van der Waals surface area contributed by atoms with E-state index in [0.717, 1.165) is 34.8 Å². The standard InChI is InChI=1S/C18H20N2O/c1-11-6-17(20-16-5-3-2-4-15(11)16)18(21)19-10-12-7-13-9-14(13)8-12/h2-6,12-14H,7-10H2,1H3,(H,19,21). The van der Waals surface area contributed by atoms with E-state index >= 15 is 0 Å². The molecule has 1 amide bonds. The number of carbonyl (C=O) groups excluding carboxylic acids is 1. The summed E-state index contributed by atoms with van der Waals surface area (Å²) in [4.78, 5) is 16.8. The van der Waals surface area contributed by atoms with Crippen LogP contribution in [0.3, 0.4) is 0 Å². The number of benzene rings is 1. The van der Waals surface area contributed by atoms with E-state index < -0.39 is 0 Å². The molecule has 108 valence electrons. The second kappa shape index (κ2) is 4.83. The third kappa shape index (κ3) is 2.41. The minimum atomic E-state index is -0.0376. The lowest BCUT2D eigenvalue weighted by molar-refractivity contribution is 0.0941. The van der Waals surface area contributed by atoms with Crippen LogP contribution in [0.2, 0.25) is 0 Å². The molecule has 2 aliphatic rings. The number of hydrogen-bond donors (Lipinski definition) is 1. The van der Waals surface area contributed by atoms with E-state index in [-0.39, 0.29) is 5.91 Å². The Bertz CT molecular complexity index is 699. The predicted octanol–water partition coefficient (Wildman–Crippen LogP) is 3.32. The lowest BCUT2D eigenvalue weighted by Gasteiger charge is -2.13. The van der Waals surface area contributed by atoms with Crippen molar-refractivity contribution in [3.63, 3.8) is 0 Å². The average Bonchev–Trinajstić information content (AvgIpc) is 3.11. The van der Waals surface area contributed by atoms with Crippen LogP contribution in [-0.2, 0) is 0 Å². The van der Waals surface area contributed by atoms with Crippen molar-refractivity contribution in [2.45, 2.75) is 26.2 Å². The smallest absolute Gasteiger partial charge is 0.269 e. The van der Waals surface area contributed by atoms with Crippen LogP contribution in [0.1, 0.15) is 35.3 Å². The first kappa shape index (κ1) is 12.8. The number of carbonyl (C=O) groups is 1. The van der Waals surface area contributed by atoms with Gasteiger partial charge in [-0.3, -0.25) is 4.79 Å². The number of hydrogen-bond acceptors (Lipinski definition) is 2. The van der Waals surface area contributed by atoms with Gasteiger partial charge in [-0.05, 0) is 61.6 Å². The number of pyridine rings is 1. The molecule has 3 heteroatoms. The van der Waals surface area contributed by atoms with Crippen LogP contribution in [0, 0.1) is 24.7 Å². The maximum absolute atomic E-state index is 12.3. The minimum Gasteiger partial charge on any atom is -0.350 e. The summed E-state index contributed by atoms with van der Waals surface area (Å²) >= 11 is 0. The van der Waals surface area contributed by atoms with E-state index in [1.54, 1.807) is 0 Å². The Labute approximate surface area is 124 Å². The van der Waals surface area contributed by atoms with Gasteiger partial charge in [-0.2, -0.15) is 0 Å². The van der Waals surface area contributed by atoms with Crippen molar-refractivity contribution >= 4 is 16.8 Å². The molecule has 0 radical (unpaired) electrons. The molecule has 0 aliphatic heterocycles. The monoisotopic (exact) mass is 280 g/mol. The number of aromatic nitrogens is 1. The Morgan fingerprint density at radius 1 is 1.24 bits per heavy atom. The van der Waals surface area contributed by atoms with E-state index in [0.29, 0.717) is 11.6 Å². The summed E-state index contributed by atoms with van der Waals surface area (Å²) in [6, 6.07) is 9.86. The molecule has 3 nitrogen and oxygen atoms in total. The van der Waals surface area contributed by atoms with Gasteiger partial charge in [0.2, 0.25) is 0 Å². The molecule has 2 aliphatic carbocycles. The maximum atomic E-state index is 12.3. The van der Waals surface area contributed by atoms with Gasteiger partial charge >= 0.3 is 0 Å². The summed E-state index contributed by atoms with van der Waals surface area (Å²) in [7, 11) is 0. The van der Waals surface area contributed by atoms with Crippen LogP contribution in [-0.4, -0.2) is 17.4 Å². The molecule has 1 heterocycles. The molecule has 2 unspecified atom stereocenters. The molecular weight excluding hydrogens is 260 g/mol. The molecule has 0 spiro atoms. The topological polar surface area (TPSA) is 42.0 Å². The molecular formula is C18H20N2O. The van der Waals surface area contributed by atoms with Crippen LogP contribution < -0.4 is 5.32 Å². The van der Waals surface area contributed by atoms with Crippen molar-refractivity contribution in [1.82, 2.24) is 10.3 Å². The van der Waals surface area contributed by atoms with Gasteiger partial charge < -0.3 is 5.32 Å². The largest absolute Gasteiger partial charge is 0.350 e. The van der Waals surface area contributed by atoms with Crippen LogP contribution in [0.5, 0.6) is 0 Å². The summed E-state index contributed by atoms with van der Waals surface area (Å²) in [6.07, 6.45) is 4.03. The molecule has 2 saturated carbocycles. The summed E-state index contributed by atoms with van der Waals surface area (Å²) in [5, 5.41) is 4.19. The third-order valence-electron chi connectivity index (χ3n) is 5.05. The highest BCUT2D eigenvalue weighted by Gasteiger charge is 2.45. The van der Waals surface area contributed by atoms with Gasteiger partial charge in [0.05, 0.1) is 5.52 Å². The van der Waals surface area contributed by atoms with Gasteiger partial charge in [-0.25, -0.2) is 4.98 Å². The second-order valence-electron chi connectivity index (χ2n) is 6.64. The summed E-state index contributed by atoms with van der Waals surface area (Å²) < 4.78 is 0. The molecule has 2 aromatic rings.